The summed E-state index contributed by atoms with van der Waals surface area (Å²) in [6, 6.07) is 0. The van der Waals surface area contributed by atoms with Gasteiger partial charge in [-0.15, -0.1) is 0 Å². The fraction of sp³-hybridized carbons (Fsp3) is 0.667. The molecular formula is C9H17N3O. The van der Waals surface area contributed by atoms with E-state index in [2.05, 4.69) is 15.3 Å². The Balaban J connectivity index is 1.96. The number of H-pyrrole nitrogens is 1. The Morgan fingerprint density at radius 1 is 1.69 bits per heavy atom. The highest BCUT2D eigenvalue weighted by Crippen LogP contribution is 1.94. The van der Waals surface area contributed by atoms with Crippen LogP contribution in [0.2, 0.25) is 0 Å². The lowest BCUT2D eigenvalue weighted by atomic mass is 10.2. The van der Waals surface area contributed by atoms with Crippen LogP contribution in [0.1, 0.15) is 25.5 Å². The molecule has 0 fully saturated rings. The normalized spacial score (nSPS) is 13.1. The van der Waals surface area contributed by atoms with Crippen molar-refractivity contribution in [2.75, 3.05) is 6.54 Å². The first kappa shape index (κ1) is 10.2. The zero-order valence-corrected chi connectivity index (χ0v) is 7.95. The quantitative estimate of drug-likeness (QED) is 0.568. The maximum atomic E-state index is 8.99. The first-order valence-corrected chi connectivity index (χ1v) is 4.65. The molecule has 0 radical (unpaired) electrons. The number of aromatic nitrogens is 2. The number of imidazole rings is 1. The van der Waals surface area contributed by atoms with E-state index in [0.29, 0.717) is 0 Å². The van der Waals surface area contributed by atoms with Crippen LogP contribution in [0.3, 0.4) is 0 Å². The molecule has 1 aromatic rings. The van der Waals surface area contributed by atoms with Gasteiger partial charge >= 0.3 is 0 Å². The van der Waals surface area contributed by atoms with Crippen LogP contribution >= 0.6 is 0 Å². The Hall–Kier alpha value is -0.870. The molecule has 4 nitrogen and oxygen atoms in total. The van der Waals surface area contributed by atoms with Crippen molar-refractivity contribution in [2.45, 2.75) is 32.4 Å². The molecule has 0 spiro atoms. The van der Waals surface area contributed by atoms with Gasteiger partial charge in [-0.1, -0.05) is 0 Å². The minimum atomic E-state index is -0.186. The summed E-state index contributed by atoms with van der Waals surface area (Å²) < 4.78 is 0. The minimum Gasteiger partial charge on any atom is -0.393 e. The van der Waals surface area contributed by atoms with Gasteiger partial charge in [0, 0.05) is 18.4 Å². The van der Waals surface area contributed by atoms with E-state index >= 15 is 0 Å². The van der Waals surface area contributed by atoms with E-state index < -0.39 is 0 Å². The molecule has 0 aliphatic heterocycles. The summed E-state index contributed by atoms with van der Waals surface area (Å²) in [6.07, 6.45) is 5.16. The molecular weight excluding hydrogens is 166 g/mol. The molecule has 13 heavy (non-hydrogen) atoms. The summed E-state index contributed by atoms with van der Waals surface area (Å²) in [6.45, 7) is 3.57. The lowest BCUT2D eigenvalue weighted by molar-refractivity contribution is 0.181. The van der Waals surface area contributed by atoms with Crippen LogP contribution in [0.5, 0.6) is 0 Å². The predicted molar refractivity (Wildman–Crippen MR) is 51.2 cm³/mol. The highest BCUT2D eigenvalue weighted by molar-refractivity contribution is 4.92. The van der Waals surface area contributed by atoms with Gasteiger partial charge in [0.15, 0.2) is 0 Å². The molecule has 1 aromatic heterocycles. The van der Waals surface area contributed by atoms with Crippen LogP contribution in [-0.4, -0.2) is 27.7 Å². The van der Waals surface area contributed by atoms with Crippen molar-refractivity contribution in [1.82, 2.24) is 15.3 Å². The average molecular weight is 183 g/mol. The monoisotopic (exact) mass is 183 g/mol. The molecule has 3 N–H and O–H groups in total. The van der Waals surface area contributed by atoms with Gasteiger partial charge in [-0.3, -0.25) is 0 Å². The Morgan fingerprint density at radius 3 is 3.15 bits per heavy atom. The lowest BCUT2D eigenvalue weighted by Gasteiger charge is -2.04. The number of aromatic amines is 1. The van der Waals surface area contributed by atoms with Crippen LogP contribution in [0.15, 0.2) is 12.5 Å². The Labute approximate surface area is 78.4 Å². The van der Waals surface area contributed by atoms with Gasteiger partial charge in [0.2, 0.25) is 0 Å². The summed E-state index contributed by atoms with van der Waals surface area (Å²) in [5.41, 5.74) is 1.09. The Bertz CT molecular complexity index is 209. The Morgan fingerprint density at radius 2 is 2.54 bits per heavy atom. The average Bonchev–Trinajstić information content (AvgIpc) is 2.55. The summed E-state index contributed by atoms with van der Waals surface area (Å²) in [4.78, 5) is 6.93. The van der Waals surface area contributed by atoms with Crippen LogP contribution < -0.4 is 5.32 Å². The highest BCUT2D eigenvalue weighted by atomic mass is 16.3. The number of nitrogens with zero attached hydrogens (tertiary/aromatic N) is 1. The third-order valence-corrected chi connectivity index (χ3v) is 1.85. The van der Waals surface area contributed by atoms with E-state index in [0.717, 1.165) is 31.6 Å². The van der Waals surface area contributed by atoms with E-state index in [4.69, 9.17) is 5.11 Å². The van der Waals surface area contributed by atoms with Crippen molar-refractivity contribution in [2.24, 2.45) is 0 Å². The summed E-state index contributed by atoms with van der Waals surface area (Å²) in [7, 11) is 0. The molecule has 0 saturated carbocycles. The Kier molecular flexibility index (Phi) is 4.49. The van der Waals surface area contributed by atoms with Crippen molar-refractivity contribution >= 4 is 0 Å². The van der Waals surface area contributed by atoms with Crippen molar-refractivity contribution in [3.63, 3.8) is 0 Å². The van der Waals surface area contributed by atoms with Gasteiger partial charge in [0.05, 0.1) is 12.4 Å². The zero-order valence-electron chi connectivity index (χ0n) is 7.95. The maximum Gasteiger partial charge on any atom is 0.0922 e. The molecule has 1 rings (SSSR count). The van der Waals surface area contributed by atoms with Gasteiger partial charge in [-0.05, 0) is 26.3 Å². The predicted octanol–water partition coefficient (Wildman–Crippen LogP) is 0.660. The molecule has 0 saturated heterocycles. The minimum absolute atomic E-state index is 0.186. The topological polar surface area (TPSA) is 60.9 Å². The second kappa shape index (κ2) is 5.72. The van der Waals surface area contributed by atoms with E-state index in [-0.39, 0.29) is 6.10 Å². The molecule has 4 heteroatoms. The standard InChI is InChI=1S/C9H17N3O/c1-8(13)3-2-4-10-5-9-6-11-7-12-9/h6-8,10,13H,2-5H2,1H3,(H,11,12). The van der Waals surface area contributed by atoms with E-state index in [1.54, 1.807) is 6.33 Å². The molecule has 0 amide bonds. The fourth-order valence-electron chi connectivity index (χ4n) is 1.13. The van der Waals surface area contributed by atoms with Crippen LogP contribution in [0.25, 0.3) is 0 Å². The number of aliphatic hydroxyl groups excluding tert-OH is 1. The largest absolute Gasteiger partial charge is 0.393 e. The molecule has 1 atom stereocenters. The first-order valence-electron chi connectivity index (χ1n) is 4.65. The van der Waals surface area contributed by atoms with Gasteiger partial charge in [0.1, 0.15) is 0 Å². The summed E-state index contributed by atoms with van der Waals surface area (Å²) >= 11 is 0. The highest BCUT2D eigenvalue weighted by Gasteiger charge is 1.95. The second-order valence-corrected chi connectivity index (χ2v) is 3.24. The van der Waals surface area contributed by atoms with Crippen molar-refractivity contribution in [1.29, 1.82) is 0 Å². The van der Waals surface area contributed by atoms with E-state index in [1.807, 2.05) is 13.1 Å². The van der Waals surface area contributed by atoms with E-state index in [9.17, 15) is 0 Å². The van der Waals surface area contributed by atoms with Crippen molar-refractivity contribution < 1.29 is 5.11 Å². The second-order valence-electron chi connectivity index (χ2n) is 3.24. The molecule has 0 aliphatic rings. The smallest absolute Gasteiger partial charge is 0.0922 e. The zero-order chi connectivity index (χ0) is 9.52. The van der Waals surface area contributed by atoms with E-state index in [1.165, 1.54) is 0 Å². The SMILES string of the molecule is CC(O)CCCNCc1cnc[nH]1. The lowest BCUT2D eigenvalue weighted by Crippen LogP contribution is -2.16. The third-order valence-electron chi connectivity index (χ3n) is 1.85. The number of rotatable bonds is 6. The molecule has 1 unspecified atom stereocenters. The molecule has 0 aromatic carbocycles. The first-order chi connectivity index (χ1) is 6.29. The summed E-state index contributed by atoms with van der Waals surface area (Å²) in [5.74, 6) is 0. The number of hydrogen-bond acceptors (Lipinski definition) is 3. The number of hydrogen-bond donors (Lipinski definition) is 3. The van der Waals surface area contributed by atoms with Gasteiger partial charge in [0.25, 0.3) is 0 Å². The molecule has 74 valence electrons. The summed E-state index contributed by atoms with van der Waals surface area (Å²) in [5, 5.41) is 12.3. The number of aliphatic hydroxyl groups is 1. The third kappa shape index (κ3) is 4.65. The number of nitrogens with one attached hydrogen (secondary N) is 2. The fourth-order valence-corrected chi connectivity index (χ4v) is 1.13. The molecule has 1 heterocycles. The molecule has 0 bridgehead atoms. The van der Waals surface area contributed by atoms with Crippen LogP contribution in [0, 0.1) is 0 Å². The maximum absolute atomic E-state index is 8.99. The van der Waals surface area contributed by atoms with Crippen LogP contribution in [0.4, 0.5) is 0 Å². The van der Waals surface area contributed by atoms with Gasteiger partial charge in [-0.25, -0.2) is 4.98 Å². The van der Waals surface area contributed by atoms with Crippen LogP contribution in [-0.2, 0) is 6.54 Å². The van der Waals surface area contributed by atoms with Crippen molar-refractivity contribution in [3.8, 4) is 0 Å². The van der Waals surface area contributed by atoms with Crippen molar-refractivity contribution in [3.05, 3.63) is 18.2 Å². The van der Waals surface area contributed by atoms with Gasteiger partial charge in [-0.2, -0.15) is 0 Å². The molecule has 0 aliphatic carbocycles. The van der Waals surface area contributed by atoms with Gasteiger partial charge < -0.3 is 15.4 Å².